The van der Waals surface area contributed by atoms with Crippen LogP contribution in [0.5, 0.6) is 5.75 Å². The second kappa shape index (κ2) is 12.8. The highest BCUT2D eigenvalue weighted by Crippen LogP contribution is 2.39. The summed E-state index contributed by atoms with van der Waals surface area (Å²) in [4.78, 5) is 44.9. The number of rotatable bonds is 8. The maximum absolute atomic E-state index is 13.0. The Balaban J connectivity index is 1.52. The van der Waals surface area contributed by atoms with Gasteiger partial charge in [-0.25, -0.2) is 4.79 Å². The summed E-state index contributed by atoms with van der Waals surface area (Å²) in [6.45, 7) is 7.47. The van der Waals surface area contributed by atoms with Crippen molar-refractivity contribution in [1.29, 1.82) is 0 Å². The molecule has 0 saturated heterocycles. The number of aromatic nitrogens is 2. The van der Waals surface area contributed by atoms with Gasteiger partial charge >= 0.3 is 6.09 Å². The lowest BCUT2D eigenvalue weighted by atomic mass is 9.97. The number of carbonyl (C=O) groups is 3. The zero-order valence-corrected chi connectivity index (χ0v) is 24.7. The lowest BCUT2D eigenvalue weighted by Gasteiger charge is -2.19. The van der Waals surface area contributed by atoms with E-state index in [2.05, 4.69) is 20.6 Å². The topological polar surface area (TPSA) is 120 Å². The fraction of sp³-hybridized carbons (Fsp3) is 0.219. The van der Waals surface area contributed by atoms with E-state index < -0.39 is 11.7 Å². The Kier molecular flexibility index (Phi) is 9.22. The third-order valence-electron chi connectivity index (χ3n) is 6.29. The molecule has 0 spiro atoms. The van der Waals surface area contributed by atoms with Gasteiger partial charge in [-0.2, -0.15) is 0 Å². The second-order valence-electron chi connectivity index (χ2n) is 10.4. The number of anilines is 1. The summed E-state index contributed by atoms with van der Waals surface area (Å²) >= 11 is 6.86. The zero-order valence-electron chi connectivity index (χ0n) is 23.9. The number of amides is 2. The van der Waals surface area contributed by atoms with Gasteiger partial charge in [0.25, 0.3) is 5.91 Å². The van der Waals surface area contributed by atoms with Gasteiger partial charge in [0, 0.05) is 35.8 Å². The van der Waals surface area contributed by atoms with E-state index in [1.807, 2.05) is 25.1 Å². The predicted octanol–water partition coefficient (Wildman–Crippen LogP) is 6.87. The molecule has 0 aliphatic heterocycles. The fourth-order valence-electron chi connectivity index (χ4n) is 4.21. The molecule has 4 rings (SSSR count). The molecule has 0 aliphatic carbocycles. The Morgan fingerprint density at radius 2 is 1.81 bits per heavy atom. The molecule has 0 atom stereocenters. The minimum Gasteiger partial charge on any atom is -0.496 e. The van der Waals surface area contributed by atoms with Crippen molar-refractivity contribution in [3.63, 3.8) is 0 Å². The van der Waals surface area contributed by atoms with Gasteiger partial charge in [-0.3, -0.25) is 19.6 Å². The molecule has 0 fully saturated rings. The van der Waals surface area contributed by atoms with E-state index in [4.69, 9.17) is 21.1 Å². The smallest absolute Gasteiger partial charge is 0.407 e. The van der Waals surface area contributed by atoms with Crippen molar-refractivity contribution >= 4 is 35.6 Å². The standard InChI is InChI=1S/C32H31ClN4O5/c1-19-23(24-13-14-34-29(28(24)33)21-10-11-22(18-38)27(15-21)41-5)7-6-8-25(19)37-30(39)26-12-9-20(16-35-26)17-36-31(40)42-32(2,3)4/h6-16,18H,17H2,1-5H3,(H,36,40)(H,37,39). The van der Waals surface area contributed by atoms with E-state index in [1.165, 1.54) is 13.3 Å². The molecule has 10 heteroatoms. The summed E-state index contributed by atoms with van der Waals surface area (Å²) < 4.78 is 10.6. The van der Waals surface area contributed by atoms with Gasteiger partial charge in [-0.1, -0.05) is 35.9 Å². The molecule has 2 amide bonds. The normalized spacial score (nSPS) is 11.0. The third-order valence-corrected chi connectivity index (χ3v) is 6.67. The number of alkyl carbamates (subject to hydrolysis) is 1. The Hall–Kier alpha value is -4.76. The van der Waals surface area contributed by atoms with Crippen molar-refractivity contribution in [2.75, 3.05) is 12.4 Å². The van der Waals surface area contributed by atoms with E-state index in [-0.39, 0.29) is 18.1 Å². The average Bonchev–Trinajstić information content (AvgIpc) is 2.96. The SMILES string of the molecule is COc1cc(-c2nccc(-c3cccc(NC(=O)c4ccc(CNC(=O)OC(C)(C)C)cn4)c3C)c2Cl)ccc1C=O. The maximum atomic E-state index is 13.0. The van der Waals surface area contributed by atoms with Gasteiger partial charge in [-0.15, -0.1) is 0 Å². The van der Waals surface area contributed by atoms with Gasteiger partial charge in [-0.05, 0) is 74.7 Å². The number of nitrogens with one attached hydrogen (secondary N) is 2. The van der Waals surface area contributed by atoms with Crippen molar-refractivity contribution in [3.05, 3.63) is 94.4 Å². The van der Waals surface area contributed by atoms with Crippen LogP contribution in [0.4, 0.5) is 10.5 Å². The lowest BCUT2D eigenvalue weighted by Crippen LogP contribution is -2.32. The number of hydrogen-bond donors (Lipinski definition) is 2. The van der Waals surface area contributed by atoms with Gasteiger partial charge in [0.2, 0.25) is 0 Å². The lowest BCUT2D eigenvalue weighted by molar-refractivity contribution is 0.0523. The minimum atomic E-state index is -0.594. The summed E-state index contributed by atoms with van der Waals surface area (Å²) in [5, 5.41) is 6.01. The van der Waals surface area contributed by atoms with Crippen LogP contribution in [-0.4, -0.2) is 41.0 Å². The van der Waals surface area contributed by atoms with Gasteiger partial charge in [0.05, 0.1) is 23.4 Å². The highest BCUT2D eigenvalue weighted by atomic mass is 35.5. The third kappa shape index (κ3) is 7.11. The van der Waals surface area contributed by atoms with Gasteiger partial charge < -0.3 is 20.1 Å². The van der Waals surface area contributed by atoms with Crippen LogP contribution in [0.2, 0.25) is 5.02 Å². The highest BCUT2D eigenvalue weighted by Gasteiger charge is 2.18. The molecule has 0 bridgehead atoms. The second-order valence-corrected chi connectivity index (χ2v) is 10.8. The van der Waals surface area contributed by atoms with Crippen LogP contribution in [0.15, 0.2) is 67.0 Å². The first-order chi connectivity index (χ1) is 20.0. The van der Waals surface area contributed by atoms with Crippen LogP contribution in [0.25, 0.3) is 22.4 Å². The van der Waals surface area contributed by atoms with E-state index >= 15 is 0 Å². The first-order valence-electron chi connectivity index (χ1n) is 13.1. The zero-order chi connectivity index (χ0) is 30.4. The maximum Gasteiger partial charge on any atom is 0.407 e. The van der Waals surface area contributed by atoms with Crippen molar-refractivity contribution in [1.82, 2.24) is 15.3 Å². The number of halogens is 1. The van der Waals surface area contributed by atoms with E-state index in [0.29, 0.717) is 33.3 Å². The first-order valence-corrected chi connectivity index (χ1v) is 13.5. The molecule has 216 valence electrons. The average molecular weight is 587 g/mol. The Bertz CT molecular complexity index is 1630. The quantitative estimate of drug-likeness (QED) is 0.216. The number of benzene rings is 2. The van der Waals surface area contributed by atoms with Gasteiger partial charge in [0.1, 0.15) is 17.0 Å². The van der Waals surface area contributed by atoms with E-state index in [1.54, 1.807) is 63.4 Å². The summed E-state index contributed by atoms with van der Waals surface area (Å²) in [5.74, 6) is 0.0402. The summed E-state index contributed by atoms with van der Waals surface area (Å²) in [7, 11) is 1.49. The summed E-state index contributed by atoms with van der Waals surface area (Å²) in [5.41, 5.74) is 4.94. The molecule has 0 unspecified atom stereocenters. The van der Waals surface area contributed by atoms with Gasteiger partial charge in [0.15, 0.2) is 6.29 Å². The van der Waals surface area contributed by atoms with Crippen LogP contribution in [-0.2, 0) is 11.3 Å². The molecule has 4 aromatic rings. The van der Waals surface area contributed by atoms with Crippen molar-refractivity contribution in [2.24, 2.45) is 0 Å². The van der Waals surface area contributed by atoms with Crippen LogP contribution in [0.1, 0.15) is 52.7 Å². The highest BCUT2D eigenvalue weighted by molar-refractivity contribution is 6.35. The van der Waals surface area contributed by atoms with Crippen molar-refractivity contribution in [3.8, 4) is 28.1 Å². The van der Waals surface area contributed by atoms with Crippen LogP contribution in [0.3, 0.4) is 0 Å². The molecule has 0 saturated carbocycles. The molecular weight excluding hydrogens is 556 g/mol. The monoisotopic (exact) mass is 586 g/mol. The van der Waals surface area contributed by atoms with E-state index in [9.17, 15) is 14.4 Å². The largest absolute Gasteiger partial charge is 0.496 e. The number of methoxy groups -OCH3 is 1. The van der Waals surface area contributed by atoms with E-state index in [0.717, 1.165) is 28.5 Å². The Morgan fingerprint density at radius 3 is 2.48 bits per heavy atom. The molecule has 2 heterocycles. The van der Waals surface area contributed by atoms with Crippen molar-refractivity contribution < 1.29 is 23.9 Å². The molecule has 0 radical (unpaired) electrons. The van der Waals surface area contributed by atoms with Crippen LogP contribution >= 0.6 is 11.6 Å². The van der Waals surface area contributed by atoms with Crippen molar-refractivity contribution in [2.45, 2.75) is 39.8 Å². The number of hydrogen-bond acceptors (Lipinski definition) is 7. The first kappa shape index (κ1) is 30.2. The molecule has 2 aromatic carbocycles. The molecule has 2 N–H and O–H groups in total. The number of aldehydes is 1. The summed E-state index contributed by atoms with van der Waals surface area (Å²) in [6.07, 6.45) is 3.39. The van der Waals surface area contributed by atoms with Crippen LogP contribution < -0.4 is 15.4 Å². The number of nitrogens with zero attached hydrogens (tertiary/aromatic N) is 2. The minimum absolute atomic E-state index is 0.216. The number of pyridine rings is 2. The molecule has 9 nitrogen and oxygen atoms in total. The molecule has 0 aliphatic rings. The molecule has 42 heavy (non-hydrogen) atoms. The molecular formula is C32H31ClN4O5. The Labute approximate surface area is 249 Å². The summed E-state index contributed by atoms with van der Waals surface area (Å²) in [6, 6.07) is 15.8. The predicted molar refractivity (Wildman–Crippen MR) is 162 cm³/mol. The number of ether oxygens (including phenoxy) is 2. The fourth-order valence-corrected chi connectivity index (χ4v) is 4.53. The molecule has 2 aromatic heterocycles. The van der Waals surface area contributed by atoms with Crippen LogP contribution in [0, 0.1) is 6.92 Å². The Morgan fingerprint density at radius 1 is 1.02 bits per heavy atom. The number of carbonyl (C=O) groups excluding carboxylic acids is 3.